The molecule has 118 valence electrons. The third-order valence-corrected chi connectivity index (χ3v) is 3.44. The van der Waals surface area contributed by atoms with Crippen molar-refractivity contribution in [1.29, 1.82) is 0 Å². The smallest absolute Gasteiger partial charge is 0.296 e. The number of aromatic amines is 1. The standard InChI is InChI=1S/C13H12ClN7O2/c14-12-19-10(16-3-7-1-2-15-6-17-7)9-11(20-12)21-13(18-9)23-8-4-22-5-8/h1-2,6,8H,3-5H2,(H2,16,18,19,20,21). The molecule has 10 heteroatoms. The molecule has 0 unspecified atom stereocenters. The highest BCUT2D eigenvalue weighted by atomic mass is 35.5. The third-order valence-electron chi connectivity index (χ3n) is 3.27. The second-order valence-corrected chi connectivity index (χ2v) is 5.25. The van der Waals surface area contributed by atoms with Crippen molar-refractivity contribution in [2.75, 3.05) is 18.5 Å². The average molecular weight is 334 g/mol. The quantitative estimate of drug-likeness (QED) is 0.670. The number of ether oxygens (including phenoxy) is 2. The normalized spacial score (nSPS) is 14.7. The number of anilines is 1. The van der Waals surface area contributed by atoms with E-state index in [-0.39, 0.29) is 11.4 Å². The Bertz CT molecular complexity index is 822. The van der Waals surface area contributed by atoms with Crippen molar-refractivity contribution in [2.45, 2.75) is 12.6 Å². The van der Waals surface area contributed by atoms with Crippen LogP contribution in [0.4, 0.5) is 5.82 Å². The first-order valence-corrected chi connectivity index (χ1v) is 7.32. The maximum atomic E-state index is 5.96. The monoisotopic (exact) mass is 333 g/mol. The van der Waals surface area contributed by atoms with Crippen molar-refractivity contribution in [2.24, 2.45) is 0 Å². The molecule has 0 saturated carbocycles. The van der Waals surface area contributed by atoms with Gasteiger partial charge < -0.3 is 19.8 Å². The molecule has 1 saturated heterocycles. The fourth-order valence-electron chi connectivity index (χ4n) is 2.07. The maximum Gasteiger partial charge on any atom is 0.296 e. The molecule has 1 aliphatic heterocycles. The van der Waals surface area contributed by atoms with Gasteiger partial charge in [-0.05, 0) is 17.7 Å². The van der Waals surface area contributed by atoms with Crippen molar-refractivity contribution in [3.8, 4) is 6.01 Å². The van der Waals surface area contributed by atoms with E-state index in [1.165, 1.54) is 6.33 Å². The first-order valence-electron chi connectivity index (χ1n) is 6.94. The second-order valence-electron chi connectivity index (χ2n) is 4.91. The summed E-state index contributed by atoms with van der Waals surface area (Å²) in [7, 11) is 0. The number of H-pyrrole nitrogens is 1. The lowest BCUT2D eigenvalue weighted by Crippen LogP contribution is -2.38. The number of hydrogen-bond acceptors (Lipinski definition) is 8. The molecule has 3 aromatic rings. The van der Waals surface area contributed by atoms with E-state index in [0.29, 0.717) is 42.8 Å². The average Bonchev–Trinajstić information content (AvgIpc) is 2.92. The Morgan fingerprint density at radius 3 is 3.00 bits per heavy atom. The van der Waals surface area contributed by atoms with Gasteiger partial charge in [-0.2, -0.15) is 15.0 Å². The summed E-state index contributed by atoms with van der Waals surface area (Å²) >= 11 is 5.96. The van der Waals surface area contributed by atoms with Gasteiger partial charge in [-0.25, -0.2) is 9.97 Å². The largest absolute Gasteiger partial charge is 0.457 e. The Morgan fingerprint density at radius 1 is 1.35 bits per heavy atom. The number of hydrogen-bond donors (Lipinski definition) is 2. The summed E-state index contributed by atoms with van der Waals surface area (Å²) in [6.07, 6.45) is 3.18. The van der Waals surface area contributed by atoms with Gasteiger partial charge in [0.05, 0.1) is 25.5 Å². The van der Waals surface area contributed by atoms with E-state index >= 15 is 0 Å². The summed E-state index contributed by atoms with van der Waals surface area (Å²) in [5.41, 5.74) is 1.88. The zero-order chi connectivity index (χ0) is 15.6. The Labute approximate surface area is 135 Å². The van der Waals surface area contributed by atoms with E-state index in [1.807, 2.05) is 6.07 Å². The van der Waals surface area contributed by atoms with E-state index in [4.69, 9.17) is 21.1 Å². The van der Waals surface area contributed by atoms with Gasteiger partial charge >= 0.3 is 0 Å². The van der Waals surface area contributed by atoms with Gasteiger partial charge in [0, 0.05) is 6.20 Å². The van der Waals surface area contributed by atoms with E-state index < -0.39 is 0 Å². The van der Waals surface area contributed by atoms with Gasteiger partial charge in [0.25, 0.3) is 6.01 Å². The van der Waals surface area contributed by atoms with Crippen LogP contribution in [-0.2, 0) is 11.3 Å². The Morgan fingerprint density at radius 2 is 2.26 bits per heavy atom. The summed E-state index contributed by atoms with van der Waals surface area (Å²) in [5, 5.41) is 3.27. The topological polar surface area (TPSA) is 111 Å². The molecule has 0 amide bonds. The highest BCUT2D eigenvalue weighted by Gasteiger charge is 2.22. The zero-order valence-corrected chi connectivity index (χ0v) is 12.6. The van der Waals surface area contributed by atoms with Crippen molar-refractivity contribution >= 4 is 28.6 Å². The lowest BCUT2D eigenvalue weighted by Gasteiger charge is -2.25. The fourth-order valence-corrected chi connectivity index (χ4v) is 2.23. The van der Waals surface area contributed by atoms with Crippen LogP contribution in [0.3, 0.4) is 0 Å². The second kappa shape index (κ2) is 5.94. The number of nitrogens with zero attached hydrogens (tertiary/aromatic N) is 5. The minimum absolute atomic E-state index is 0.0106. The number of rotatable bonds is 5. The molecule has 1 aliphatic rings. The lowest BCUT2D eigenvalue weighted by molar-refractivity contribution is -0.0827. The van der Waals surface area contributed by atoms with Crippen LogP contribution in [0.25, 0.3) is 11.2 Å². The highest BCUT2D eigenvalue weighted by molar-refractivity contribution is 6.28. The maximum absolute atomic E-state index is 5.96. The lowest BCUT2D eigenvalue weighted by atomic mass is 10.3. The van der Waals surface area contributed by atoms with E-state index in [1.54, 1.807) is 6.20 Å². The summed E-state index contributed by atoms with van der Waals surface area (Å²) < 4.78 is 10.7. The van der Waals surface area contributed by atoms with Crippen LogP contribution in [-0.4, -0.2) is 49.2 Å². The molecule has 4 heterocycles. The van der Waals surface area contributed by atoms with Crippen LogP contribution in [0.1, 0.15) is 5.69 Å². The molecular formula is C13H12ClN7O2. The molecule has 1 fully saturated rings. The Hall–Kier alpha value is -2.52. The SMILES string of the molecule is Clc1nc(NCc2ccncn2)c2[nH]c(OC3COC3)nc2n1. The highest BCUT2D eigenvalue weighted by Crippen LogP contribution is 2.24. The first-order chi connectivity index (χ1) is 11.3. The van der Waals surface area contributed by atoms with Gasteiger partial charge in [-0.15, -0.1) is 0 Å². The van der Waals surface area contributed by atoms with Crippen molar-refractivity contribution in [1.82, 2.24) is 29.9 Å². The van der Waals surface area contributed by atoms with Crippen molar-refractivity contribution in [3.05, 3.63) is 29.6 Å². The molecule has 0 aromatic carbocycles. The van der Waals surface area contributed by atoms with Crippen molar-refractivity contribution in [3.63, 3.8) is 0 Å². The van der Waals surface area contributed by atoms with Gasteiger partial charge in [0.2, 0.25) is 5.28 Å². The molecular weight excluding hydrogens is 322 g/mol. The summed E-state index contributed by atoms with van der Waals surface area (Å²) in [6, 6.07) is 2.18. The van der Waals surface area contributed by atoms with Crippen molar-refractivity contribution < 1.29 is 9.47 Å². The number of nitrogens with one attached hydrogen (secondary N) is 2. The molecule has 9 nitrogen and oxygen atoms in total. The first kappa shape index (κ1) is 14.1. The number of aromatic nitrogens is 6. The minimum Gasteiger partial charge on any atom is -0.457 e. The van der Waals surface area contributed by atoms with Gasteiger partial charge in [0.15, 0.2) is 11.5 Å². The molecule has 0 atom stereocenters. The Kier molecular flexibility index (Phi) is 3.64. The van der Waals surface area contributed by atoms with Crippen LogP contribution in [0.2, 0.25) is 5.28 Å². The number of halogens is 1. The van der Waals surface area contributed by atoms with E-state index in [0.717, 1.165) is 5.69 Å². The molecule has 0 spiro atoms. The van der Waals surface area contributed by atoms with Gasteiger partial charge in [-0.1, -0.05) is 0 Å². The molecule has 0 radical (unpaired) electrons. The summed E-state index contributed by atoms with van der Waals surface area (Å²) in [6.45, 7) is 1.58. The van der Waals surface area contributed by atoms with E-state index in [2.05, 4.69) is 35.2 Å². The summed E-state index contributed by atoms with van der Waals surface area (Å²) in [4.78, 5) is 23.7. The molecule has 3 aromatic heterocycles. The molecule has 0 bridgehead atoms. The Balaban J connectivity index is 1.59. The van der Waals surface area contributed by atoms with Crippen LogP contribution >= 0.6 is 11.6 Å². The van der Waals surface area contributed by atoms with Gasteiger partial charge in [0.1, 0.15) is 17.9 Å². The van der Waals surface area contributed by atoms with Crippen LogP contribution < -0.4 is 10.1 Å². The molecule has 23 heavy (non-hydrogen) atoms. The van der Waals surface area contributed by atoms with Crippen LogP contribution in [0.15, 0.2) is 18.6 Å². The zero-order valence-electron chi connectivity index (χ0n) is 11.9. The third kappa shape index (κ3) is 3.01. The summed E-state index contributed by atoms with van der Waals surface area (Å²) in [5.74, 6) is 0.533. The predicted molar refractivity (Wildman–Crippen MR) is 81.3 cm³/mol. The van der Waals surface area contributed by atoms with Crippen LogP contribution in [0.5, 0.6) is 6.01 Å². The number of imidazole rings is 1. The molecule has 4 rings (SSSR count). The van der Waals surface area contributed by atoms with E-state index in [9.17, 15) is 0 Å². The van der Waals surface area contributed by atoms with Gasteiger partial charge in [-0.3, -0.25) is 0 Å². The molecule has 0 aliphatic carbocycles. The van der Waals surface area contributed by atoms with Crippen LogP contribution in [0, 0.1) is 0 Å². The minimum atomic E-state index is 0.0106. The molecule has 2 N–H and O–H groups in total. The number of fused-ring (bicyclic) bond motifs is 1. The predicted octanol–water partition coefficient (Wildman–Crippen LogP) is 1.19. The fraction of sp³-hybridized carbons (Fsp3) is 0.308.